The molecule has 0 aliphatic carbocycles. The monoisotopic (exact) mass is 366 g/mol. The second kappa shape index (κ2) is 8.18. The Morgan fingerprint density at radius 2 is 1.21 bits per heavy atom. The first-order valence-electron chi connectivity index (χ1n) is 8.91. The van der Waals surface area contributed by atoms with Crippen LogP contribution < -0.4 is 4.74 Å². The van der Waals surface area contributed by atoms with Crippen LogP contribution in [0.3, 0.4) is 0 Å². The van der Waals surface area contributed by atoms with Crippen LogP contribution in [0.25, 0.3) is 11.1 Å². The van der Waals surface area contributed by atoms with Crippen molar-refractivity contribution in [3.8, 4) is 28.4 Å². The summed E-state index contributed by atoms with van der Waals surface area (Å²) < 4.78 is 5.77. The topological polar surface area (TPSA) is 54.2 Å². The van der Waals surface area contributed by atoms with Gasteiger partial charge < -0.3 is 9.84 Å². The molecule has 0 amide bonds. The van der Waals surface area contributed by atoms with Gasteiger partial charge in [-0.05, 0) is 59.7 Å². The van der Waals surface area contributed by atoms with Crippen molar-refractivity contribution in [2.24, 2.45) is 10.2 Å². The van der Waals surface area contributed by atoms with Gasteiger partial charge in [-0.3, -0.25) is 0 Å². The van der Waals surface area contributed by atoms with Crippen molar-refractivity contribution in [3.63, 3.8) is 0 Å². The van der Waals surface area contributed by atoms with Crippen molar-refractivity contribution in [2.45, 2.75) is 0 Å². The van der Waals surface area contributed by atoms with Crippen LogP contribution in [-0.2, 0) is 0 Å². The molecule has 4 heteroatoms. The average Bonchev–Trinajstić information content (AvgIpc) is 2.75. The van der Waals surface area contributed by atoms with Gasteiger partial charge in [-0.1, -0.05) is 54.6 Å². The van der Waals surface area contributed by atoms with E-state index < -0.39 is 0 Å². The summed E-state index contributed by atoms with van der Waals surface area (Å²) in [6.07, 6.45) is 0. The first kappa shape index (κ1) is 17.5. The van der Waals surface area contributed by atoms with Crippen LogP contribution in [0.4, 0.5) is 11.4 Å². The van der Waals surface area contributed by atoms with Crippen LogP contribution in [0.5, 0.6) is 17.2 Å². The van der Waals surface area contributed by atoms with Crippen LogP contribution >= 0.6 is 0 Å². The standard InChI is InChI=1S/C24H18N2O2/c27-24-16-11-19(18-7-3-1-4-8-18)17-23(24)26-25-20-12-14-22(15-13-20)28-21-9-5-2-6-10-21/h1-17,27H. The number of phenolic OH excluding ortho intramolecular Hbond substituents is 1. The Bertz CT molecular complexity index is 1080. The fourth-order valence-electron chi connectivity index (χ4n) is 2.73. The minimum atomic E-state index is 0.0902. The van der Waals surface area contributed by atoms with E-state index in [1.807, 2.05) is 97.1 Å². The molecule has 4 aromatic carbocycles. The van der Waals surface area contributed by atoms with E-state index in [1.165, 1.54) is 0 Å². The molecule has 0 atom stereocenters. The van der Waals surface area contributed by atoms with Crippen LogP contribution in [0, 0.1) is 0 Å². The number of nitrogens with zero attached hydrogens (tertiary/aromatic N) is 2. The summed E-state index contributed by atoms with van der Waals surface area (Å²) in [5, 5.41) is 18.5. The average molecular weight is 366 g/mol. The van der Waals surface area contributed by atoms with Gasteiger partial charge in [0.15, 0.2) is 0 Å². The maximum absolute atomic E-state index is 10.1. The van der Waals surface area contributed by atoms with Crippen LogP contribution in [0.15, 0.2) is 113 Å². The van der Waals surface area contributed by atoms with Crippen molar-refractivity contribution < 1.29 is 9.84 Å². The maximum Gasteiger partial charge on any atom is 0.143 e. The van der Waals surface area contributed by atoms with Gasteiger partial charge in [0, 0.05) is 0 Å². The lowest BCUT2D eigenvalue weighted by atomic mass is 10.1. The smallest absolute Gasteiger partial charge is 0.143 e. The number of hydrogen-bond donors (Lipinski definition) is 1. The molecule has 4 nitrogen and oxygen atoms in total. The SMILES string of the molecule is Oc1ccc(-c2ccccc2)cc1N=Nc1ccc(Oc2ccccc2)cc1. The predicted octanol–water partition coefficient (Wildman–Crippen LogP) is 7.27. The third kappa shape index (κ3) is 4.24. The van der Waals surface area contributed by atoms with Crippen molar-refractivity contribution in [1.29, 1.82) is 0 Å². The van der Waals surface area contributed by atoms with Gasteiger partial charge in [-0.15, -0.1) is 5.11 Å². The summed E-state index contributed by atoms with van der Waals surface area (Å²) >= 11 is 0. The van der Waals surface area contributed by atoms with E-state index in [-0.39, 0.29) is 5.75 Å². The number of phenols is 1. The van der Waals surface area contributed by atoms with Gasteiger partial charge >= 0.3 is 0 Å². The van der Waals surface area contributed by atoms with Gasteiger partial charge in [-0.2, -0.15) is 5.11 Å². The molecule has 1 N–H and O–H groups in total. The molecule has 0 aliphatic rings. The molecular weight excluding hydrogens is 348 g/mol. The summed E-state index contributed by atoms with van der Waals surface area (Å²) in [5.74, 6) is 1.59. The van der Waals surface area contributed by atoms with Crippen LogP contribution in [0.1, 0.15) is 0 Å². The molecular formula is C24H18N2O2. The minimum absolute atomic E-state index is 0.0902. The molecule has 136 valence electrons. The highest BCUT2D eigenvalue weighted by atomic mass is 16.5. The molecule has 0 spiro atoms. The first-order chi connectivity index (χ1) is 13.8. The fourth-order valence-corrected chi connectivity index (χ4v) is 2.73. The lowest BCUT2D eigenvalue weighted by Gasteiger charge is -2.05. The zero-order valence-corrected chi connectivity index (χ0v) is 15.1. The Balaban J connectivity index is 1.51. The zero-order valence-electron chi connectivity index (χ0n) is 15.1. The van der Waals surface area contributed by atoms with E-state index in [9.17, 15) is 5.11 Å². The molecule has 0 bridgehead atoms. The molecule has 0 radical (unpaired) electrons. The van der Waals surface area contributed by atoms with Gasteiger partial charge in [0.05, 0.1) is 5.69 Å². The summed E-state index contributed by atoms with van der Waals surface area (Å²) in [7, 11) is 0. The Hall–Kier alpha value is -3.92. The second-order valence-corrected chi connectivity index (χ2v) is 6.18. The summed E-state index contributed by atoms with van der Waals surface area (Å²) in [5.41, 5.74) is 3.12. The third-order valence-corrected chi connectivity index (χ3v) is 4.17. The number of ether oxygens (including phenoxy) is 1. The normalized spacial score (nSPS) is 10.9. The Labute approximate surface area is 163 Å². The number of hydrogen-bond acceptors (Lipinski definition) is 4. The molecule has 4 aromatic rings. The van der Waals surface area contributed by atoms with Crippen molar-refractivity contribution >= 4 is 11.4 Å². The van der Waals surface area contributed by atoms with Crippen LogP contribution in [0.2, 0.25) is 0 Å². The second-order valence-electron chi connectivity index (χ2n) is 6.18. The van der Waals surface area contributed by atoms with Gasteiger partial charge in [0.1, 0.15) is 22.9 Å². The maximum atomic E-state index is 10.1. The molecule has 28 heavy (non-hydrogen) atoms. The molecule has 0 saturated carbocycles. The molecule has 4 rings (SSSR count). The summed E-state index contributed by atoms with van der Waals surface area (Å²) in [6, 6.07) is 32.2. The summed E-state index contributed by atoms with van der Waals surface area (Å²) in [4.78, 5) is 0. The number of aromatic hydroxyl groups is 1. The molecule has 0 heterocycles. The Morgan fingerprint density at radius 1 is 0.571 bits per heavy atom. The lowest BCUT2D eigenvalue weighted by Crippen LogP contribution is -1.82. The van der Waals surface area contributed by atoms with E-state index in [4.69, 9.17) is 4.74 Å². The highest BCUT2D eigenvalue weighted by Gasteiger charge is 2.04. The lowest BCUT2D eigenvalue weighted by molar-refractivity contribution is 0.476. The van der Waals surface area contributed by atoms with E-state index in [2.05, 4.69) is 10.2 Å². The number of rotatable bonds is 5. The highest BCUT2D eigenvalue weighted by molar-refractivity contribution is 5.70. The van der Waals surface area contributed by atoms with Crippen molar-refractivity contribution in [1.82, 2.24) is 0 Å². The van der Waals surface area contributed by atoms with E-state index in [0.29, 0.717) is 11.4 Å². The fraction of sp³-hybridized carbons (Fsp3) is 0. The van der Waals surface area contributed by atoms with E-state index in [0.717, 1.165) is 22.6 Å². The van der Waals surface area contributed by atoms with Gasteiger partial charge in [0.2, 0.25) is 0 Å². The highest BCUT2D eigenvalue weighted by Crippen LogP contribution is 2.33. The largest absolute Gasteiger partial charge is 0.506 e. The molecule has 0 aromatic heterocycles. The van der Waals surface area contributed by atoms with E-state index in [1.54, 1.807) is 6.07 Å². The van der Waals surface area contributed by atoms with Gasteiger partial charge in [0.25, 0.3) is 0 Å². The molecule has 0 fully saturated rings. The number of benzene rings is 4. The van der Waals surface area contributed by atoms with Gasteiger partial charge in [-0.25, -0.2) is 0 Å². The first-order valence-corrected chi connectivity index (χ1v) is 8.91. The Morgan fingerprint density at radius 3 is 1.93 bits per heavy atom. The number of azo groups is 1. The molecule has 0 unspecified atom stereocenters. The number of para-hydroxylation sites is 1. The minimum Gasteiger partial charge on any atom is -0.506 e. The summed E-state index contributed by atoms with van der Waals surface area (Å²) in [6.45, 7) is 0. The molecule has 0 saturated heterocycles. The van der Waals surface area contributed by atoms with Crippen molar-refractivity contribution in [3.05, 3.63) is 103 Å². The zero-order chi connectivity index (χ0) is 19.2. The predicted molar refractivity (Wildman–Crippen MR) is 111 cm³/mol. The third-order valence-electron chi connectivity index (χ3n) is 4.17. The van der Waals surface area contributed by atoms with Crippen LogP contribution in [-0.4, -0.2) is 5.11 Å². The molecule has 0 aliphatic heterocycles. The Kier molecular flexibility index (Phi) is 5.11. The van der Waals surface area contributed by atoms with E-state index >= 15 is 0 Å². The van der Waals surface area contributed by atoms with Crippen molar-refractivity contribution in [2.75, 3.05) is 0 Å². The quantitative estimate of drug-likeness (QED) is 0.378.